The Bertz CT molecular complexity index is 513. The van der Waals surface area contributed by atoms with Crippen LogP contribution in [0.5, 0.6) is 0 Å². The zero-order chi connectivity index (χ0) is 13.0. The molecule has 1 N–H and O–H groups in total. The summed E-state index contributed by atoms with van der Waals surface area (Å²) in [5.74, 6) is -4.28. The number of amidine groups is 1. The highest BCUT2D eigenvalue weighted by atomic mass is 79.9. The van der Waals surface area contributed by atoms with Gasteiger partial charge in [0.15, 0.2) is 28.8 Å². The number of nitrogens with one attached hydrogen (secondary N) is 1. The maximum atomic E-state index is 13.2. The standard InChI is InChI=1S/C9H5BrF3N3S/c1-17-9(15-3-14)16-5-2-4(11)7(12)8(13)6(5)10/h2H,1H3,(H,15,16). The average Bonchev–Trinajstić information content (AvgIpc) is 2.32. The van der Waals surface area contributed by atoms with E-state index >= 15 is 0 Å². The lowest BCUT2D eigenvalue weighted by molar-refractivity contribution is 0.444. The molecule has 0 aliphatic rings. The van der Waals surface area contributed by atoms with E-state index in [1.54, 1.807) is 12.4 Å². The van der Waals surface area contributed by atoms with Crippen molar-refractivity contribution in [1.82, 2.24) is 5.32 Å². The minimum absolute atomic E-state index is 0.138. The molecule has 0 atom stereocenters. The second-order valence-electron chi connectivity index (χ2n) is 2.68. The molecule has 1 rings (SSSR count). The van der Waals surface area contributed by atoms with E-state index in [0.29, 0.717) is 0 Å². The van der Waals surface area contributed by atoms with Gasteiger partial charge in [0.25, 0.3) is 0 Å². The largest absolute Gasteiger partial charge is 0.271 e. The van der Waals surface area contributed by atoms with Crippen molar-refractivity contribution >= 4 is 38.5 Å². The number of benzene rings is 1. The molecule has 0 bridgehead atoms. The first kappa shape index (κ1) is 13.9. The van der Waals surface area contributed by atoms with Crippen LogP contribution in [0.2, 0.25) is 0 Å². The molecule has 0 spiro atoms. The molecule has 0 unspecified atom stereocenters. The van der Waals surface area contributed by atoms with Gasteiger partial charge in [-0.05, 0) is 22.2 Å². The van der Waals surface area contributed by atoms with Crippen molar-refractivity contribution in [3.05, 3.63) is 28.0 Å². The smallest absolute Gasteiger partial charge is 0.195 e. The van der Waals surface area contributed by atoms with Gasteiger partial charge in [0, 0.05) is 6.07 Å². The van der Waals surface area contributed by atoms with Crippen molar-refractivity contribution in [3.8, 4) is 6.19 Å². The van der Waals surface area contributed by atoms with E-state index in [1.807, 2.05) is 0 Å². The Kier molecular flexibility index (Phi) is 4.84. The molecule has 0 fully saturated rings. The van der Waals surface area contributed by atoms with E-state index < -0.39 is 17.5 Å². The zero-order valence-electron chi connectivity index (χ0n) is 8.39. The minimum atomic E-state index is -1.57. The molecule has 0 saturated carbocycles. The number of nitrogens with zero attached hydrogens (tertiary/aromatic N) is 2. The van der Waals surface area contributed by atoms with Crippen LogP contribution in [0.4, 0.5) is 18.9 Å². The molecule has 17 heavy (non-hydrogen) atoms. The molecule has 0 aliphatic heterocycles. The number of hydrogen-bond acceptors (Lipinski definition) is 3. The Hall–Kier alpha value is -1.20. The molecule has 0 heterocycles. The predicted octanol–water partition coefficient (Wildman–Crippen LogP) is 3.29. The van der Waals surface area contributed by atoms with Crippen LogP contribution in [0.3, 0.4) is 0 Å². The molecule has 0 amide bonds. The van der Waals surface area contributed by atoms with Gasteiger partial charge in [-0.1, -0.05) is 11.8 Å². The van der Waals surface area contributed by atoms with Crippen molar-refractivity contribution in [2.24, 2.45) is 4.99 Å². The van der Waals surface area contributed by atoms with Crippen LogP contribution in [-0.2, 0) is 0 Å². The lowest BCUT2D eigenvalue weighted by atomic mass is 10.3. The van der Waals surface area contributed by atoms with Gasteiger partial charge >= 0.3 is 0 Å². The van der Waals surface area contributed by atoms with Crippen molar-refractivity contribution in [1.29, 1.82) is 5.26 Å². The Labute approximate surface area is 108 Å². The van der Waals surface area contributed by atoms with E-state index in [0.717, 1.165) is 17.8 Å². The highest BCUT2D eigenvalue weighted by Gasteiger charge is 2.17. The number of thioether (sulfide) groups is 1. The summed E-state index contributed by atoms with van der Waals surface area (Å²) in [6.07, 6.45) is 3.24. The molecule has 1 aromatic rings. The minimum Gasteiger partial charge on any atom is -0.271 e. The van der Waals surface area contributed by atoms with Gasteiger partial charge in [-0.25, -0.2) is 18.2 Å². The highest BCUT2D eigenvalue weighted by Crippen LogP contribution is 2.31. The highest BCUT2D eigenvalue weighted by molar-refractivity contribution is 9.10. The molecular weight excluding hydrogens is 319 g/mol. The zero-order valence-corrected chi connectivity index (χ0v) is 10.8. The second-order valence-corrected chi connectivity index (χ2v) is 4.27. The molecule has 8 heteroatoms. The van der Waals surface area contributed by atoms with Gasteiger partial charge in [-0.2, -0.15) is 5.26 Å². The summed E-state index contributed by atoms with van der Waals surface area (Å²) in [6.45, 7) is 0. The van der Waals surface area contributed by atoms with Crippen LogP contribution in [0, 0.1) is 28.9 Å². The van der Waals surface area contributed by atoms with E-state index in [2.05, 4.69) is 26.2 Å². The number of rotatable bonds is 1. The van der Waals surface area contributed by atoms with Crippen LogP contribution < -0.4 is 5.32 Å². The molecule has 0 aromatic heterocycles. The fraction of sp³-hybridized carbons (Fsp3) is 0.111. The summed E-state index contributed by atoms with van der Waals surface area (Å²) in [6, 6.07) is 0.734. The quantitative estimate of drug-likeness (QED) is 0.215. The third kappa shape index (κ3) is 3.14. The maximum absolute atomic E-state index is 13.2. The normalized spacial score (nSPS) is 11.2. The number of hydrogen-bond donors (Lipinski definition) is 1. The fourth-order valence-electron chi connectivity index (χ4n) is 0.924. The van der Waals surface area contributed by atoms with Gasteiger partial charge in [0.1, 0.15) is 0 Å². The van der Waals surface area contributed by atoms with Crippen LogP contribution in [0.15, 0.2) is 15.5 Å². The molecule has 3 nitrogen and oxygen atoms in total. The Morgan fingerprint density at radius 1 is 1.47 bits per heavy atom. The topological polar surface area (TPSA) is 48.2 Å². The van der Waals surface area contributed by atoms with Crippen LogP contribution >= 0.6 is 27.7 Å². The van der Waals surface area contributed by atoms with E-state index in [-0.39, 0.29) is 15.3 Å². The van der Waals surface area contributed by atoms with Crippen LogP contribution in [-0.4, -0.2) is 11.4 Å². The number of aliphatic imine (C=N–C) groups is 1. The third-order valence-electron chi connectivity index (χ3n) is 1.66. The van der Waals surface area contributed by atoms with Gasteiger partial charge in [-0.3, -0.25) is 5.32 Å². The summed E-state index contributed by atoms with van der Waals surface area (Å²) >= 11 is 3.84. The van der Waals surface area contributed by atoms with Gasteiger partial charge < -0.3 is 0 Å². The van der Waals surface area contributed by atoms with Crippen LogP contribution in [0.1, 0.15) is 0 Å². The monoisotopic (exact) mass is 323 g/mol. The van der Waals surface area contributed by atoms with E-state index in [9.17, 15) is 13.2 Å². The lowest BCUT2D eigenvalue weighted by Gasteiger charge is -2.04. The average molecular weight is 324 g/mol. The summed E-state index contributed by atoms with van der Waals surface area (Å²) in [5.41, 5.74) is -0.145. The first-order valence-corrected chi connectivity index (χ1v) is 6.13. The van der Waals surface area contributed by atoms with E-state index in [1.165, 1.54) is 0 Å². The molecule has 0 aliphatic carbocycles. The molecule has 0 radical (unpaired) electrons. The Morgan fingerprint density at radius 2 is 2.12 bits per heavy atom. The van der Waals surface area contributed by atoms with Crippen molar-refractivity contribution in [2.75, 3.05) is 6.26 Å². The summed E-state index contributed by atoms with van der Waals surface area (Å²) in [4.78, 5) is 3.78. The van der Waals surface area contributed by atoms with Crippen molar-refractivity contribution in [3.63, 3.8) is 0 Å². The summed E-state index contributed by atoms with van der Waals surface area (Å²) in [7, 11) is 0. The van der Waals surface area contributed by atoms with E-state index in [4.69, 9.17) is 5.26 Å². The lowest BCUT2D eigenvalue weighted by Crippen LogP contribution is -2.12. The van der Waals surface area contributed by atoms with Crippen molar-refractivity contribution in [2.45, 2.75) is 0 Å². The number of halogens is 4. The fourth-order valence-corrected chi connectivity index (χ4v) is 1.64. The SMILES string of the molecule is CSC(=Nc1cc(F)c(F)c(F)c1Br)NC#N. The third-order valence-corrected chi connectivity index (χ3v) is 3.00. The summed E-state index contributed by atoms with van der Waals surface area (Å²) in [5, 5.41) is 10.8. The maximum Gasteiger partial charge on any atom is 0.195 e. The predicted molar refractivity (Wildman–Crippen MR) is 63.4 cm³/mol. The van der Waals surface area contributed by atoms with Gasteiger partial charge in [0.2, 0.25) is 0 Å². The van der Waals surface area contributed by atoms with Crippen LogP contribution in [0.25, 0.3) is 0 Å². The first-order valence-electron chi connectivity index (χ1n) is 4.12. The summed E-state index contributed by atoms with van der Waals surface area (Å²) < 4.78 is 38.7. The first-order chi connectivity index (χ1) is 8.01. The molecule has 1 aromatic carbocycles. The number of nitriles is 1. The Balaban J connectivity index is 3.29. The van der Waals surface area contributed by atoms with Crippen molar-refractivity contribution < 1.29 is 13.2 Å². The molecule has 0 saturated heterocycles. The molecule has 90 valence electrons. The molecular formula is C9H5BrF3N3S. The van der Waals surface area contributed by atoms with Gasteiger partial charge in [-0.15, -0.1) is 0 Å². The van der Waals surface area contributed by atoms with Gasteiger partial charge in [0.05, 0.1) is 10.2 Å². The second kappa shape index (κ2) is 5.93. The Morgan fingerprint density at radius 3 is 2.65 bits per heavy atom.